The largest absolute Gasteiger partial charge is 0.320 e. The maximum atomic E-state index is 12.8. The van der Waals surface area contributed by atoms with Crippen LogP contribution in [0.15, 0.2) is 12.1 Å². The monoisotopic (exact) mass is 306 g/mol. The van der Waals surface area contributed by atoms with Crippen molar-refractivity contribution in [2.45, 2.75) is 58.7 Å². The van der Waals surface area contributed by atoms with E-state index < -0.39 is 0 Å². The minimum absolute atomic E-state index is 0.0116. The van der Waals surface area contributed by atoms with Gasteiger partial charge in [-0.1, -0.05) is 26.7 Å². The van der Waals surface area contributed by atoms with Crippen LogP contribution in [0.3, 0.4) is 0 Å². The highest BCUT2D eigenvalue weighted by molar-refractivity contribution is 7.12. The second kappa shape index (κ2) is 6.09. The third-order valence-electron chi connectivity index (χ3n) is 5.12. The van der Waals surface area contributed by atoms with Crippen molar-refractivity contribution in [3.05, 3.63) is 21.9 Å². The van der Waals surface area contributed by atoms with Gasteiger partial charge < -0.3 is 4.90 Å². The maximum absolute atomic E-state index is 12.8. The molecular formula is C17H26N2OS. The molecule has 3 rings (SSSR count). The van der Waals surface area contributed by atoms with Crippen LogP contribution in [0.25, 0.3) is 0 Å². The van der Waals surface area contributed by atoms with Crippen LogP contribution in [-0.4, -0.2) is 23.4 Å². The SMILES string of the molecule is CCC(C)C1NC(c2ccc(C)s2)N(CC2CCC2)C1=O. The predicted molar refractivity (Wildman–Crippen MR) is 87.2 cm³/mol. The zero-order valence-corrected chi connectivity index (χ0v) is 14.1. The maximum Gasteiger partial charge on any atom is 0.241 e. The number of carbonyl (C=O) groups excluding carboxylic acids is 1. The molecule has 0 aromatic carbocycles. The zero-order chi connectivity index (χ0) is 15.0. The van der Waals surface area contributed by atoms with Crippen molar-refractivity contribution in [3.8, 4) is 0 Å². The molecule has 4 heteroatoms. The second-order valence-corrected chi connectivity index (χ2v) is 7.99. The van der Waals surface area contributed by atoms with Gasteiger partial charge in [0.05, 0.1) is 6.04 Å². The molecule has 1 aromatic rings. The Balaban J connectivity index is 1.82. The van der Waals surface area contributed by atoms with Crippen molar-refractivity contribution in [1.29, 1.82) is 0 Å². The number of nitrogens with zero attached hydrogens (tertiary/aromatic N) is 1. The Morgan fingerprint density at radius 3 is 2.71 bits per heavy atom. The molecule has 2 fully saturated rings. The van der Waals surface area contributed by atoms with Crippen LogP contribution in [0, 0.1) is 18.8 Å². The molecule has 2 heterocycles. The molecule has 1 saturated heterocycles. The van der Waals surface area contributed by atoms with Gasteiger partial charge in [-0.05, 0) is 43.7 Å². The first-order chi connectivity index (χ1) is 10.1. The van der Waals surface area contributed by atoms with Crippen molar-refractivity contribution >= 4 is 17.2 Å². The fourth-order valence-corrected chi connectivity index (χ4v) is 4.22. The van der Waals surface area contributed by atoms with Gasteiger partial charge in [0.1, 0.15) is 6.17 Å². The molecule has 21 heavy (non-hydrogen) atoms. The average Bonchev–Trinajstić information content (AvgIpc) is 2.97. The van der Waals surface area contributed by atoms with Gasteiger partial charge in [0, 0.05) is 16.3 Å². The highest BCUT2D eigenvalue weighted by atomic mass is 32.1. The third-order valence-corrected chi connectivity index (χ3v) is 6.17. The molecule has 1 aliphatic heterocycles. The second-order valence-electron chi connectivity index (χ2n) is 6.67. The molecule has 3 nitrogen and oxygen atoms in total. The molecule has 3 unspecified atom stereocenters. The molecule has 1 N–H and O–H groups in total. The average molecular weight is 306 g/mol. The van der Waals surface area contributed by atoms with Gasteiger partial charge in [0.2, 0.25) is 5.91 Å². The molecule has 0 bridgehead atoms. The summed E-state index contributed by atoms with van der Waals surface area (Å²) in [5.41, 5.74) is 0. The Kier molecular flexibility index (Phi) is 4.36. The summed E-state index contributed by atoms with van der Waals surface area (Å²) in [7, 11) is 0. The van der Waals surface area contributed by atoms with Crippen molar-refractivity contribution < 1.29 is 4.79 Å². The highest BCUT2D eigenvalue weighted by Crippen LogP contribution is 2.36. The number of rotatable bonds is 5. The minimum atomic E-state index is -0.0116. The summed E-state index contributed by atoms with van der Waals surface area (Å²) in [4.78, 5) is 17.6. The Bertz CT molecular complexity index is 509. The van der Waals surface area contributed by atoms with Crippen LogP contribution in [0.5, 0.6) is 0 Å². The van der Waals surface area contributed by atoms with E-state index in [-0.39, 0.29) is 12.2 Å². The fraction of sp³-hybridized carbons (Fsp3) is 0.706. The Morgan fingerprint density at radius 1 is 1.43 bits per heavy atom. The van der Waals surface area contributed by atoms with E-state index in [0.717, 1.165) is 18.9 Å². The molecular weight excluding hydrogens is 280 g/mol. The van der Waals surface area contributed by atoms with Gasteiger partial charge in [-0.2, -0.15) is 0 Å². The van der Waals surface area contributed by atoms with Gasteiger partial charge in [-0.25, -0.2) is 0 Å². The smallest absolute Gasteiger partial charge is 0.241 e. The number of amides is 1. The molecule has 1 aromatic heterocycles. The Morgan fingerprint density at radius 2 is 2.19 bits per heavy atom. The summed E-state index contributed by atoms with van der Waals surface area (Å²) in [5, 5.41) is 3.61. The molecule has 0 spiro atoms. The lowest BCUT2D eigenvalue weighted by Crippen LogP contribution is -2.38. The summed E-state index contributed by atoms with van der Waals surface area (Å²) in [6.07, 6.45) is 5.03. The quantitative estimate of drug-likeness (QED) is 0.899. The topological polar surface area (TPSA) is 32.3 Å². The fourth-order valence-electron chi connectivity index (χ4n) is 3.27. The Hall–Kier alpha value is -0.870. The molecule has 116 valence electrons. The number of hydrogen-bond acceptors (Lipinski definition) is 3. The van der Waals surface area contributed by atoms with E-state index in [1.165, 1.54) is 29.0 Å². The van der Waals surface area contributed by atoms with Gasteiger partial charge >= 0.3 is 0 Å². The first-order valence-electron chi connectivity index (χ1n) is 8.23. The summed E-state index contributed by atoms with van der Waals surface area (Å²) in [5.74, 6) is 1.43. The number of carbonyl (C=O) groups is 1. The van der Waals surface area contributed by atoms with Crippen LogP contribution in [0.1, 0.15) is 55.5 Å². The van der Waals surface area contributed by atoms with Gasteiger partial charge in [0.15, 0.2) is 0 Å². The zero-order valence-electron chi connectivity index (χ0n) is 13.3. The van der Waals surface area contributed by atoms with Crippen LogP contribution in [0.2, 0.25) is 0 Å². The summed E-state index contributed by atoms with van der Waals surface area (Å²) < 4.78 is 0. The standard InChI is InChI=1S/C17H26N2OS/c1-4-11(2)15-17(20)19(10-13-6-5-7-13)16(18-15)14-9-8-12(3)21-14/h8-9,11,13,15-16,18H,4-7,10H2,1-3H3. The molecule has 1 aliphatic carbocycles. The van der Waals surface area contributed by atoms with E-state index >= 15 is 0 Å². The lowest BCUT2D eigenvalue weighted by Gasteiger charge is -2.32. The van der Waals surface area contributed by atoms with Crippen LogP contribution in [-0.2, 0) is 4.79 Å². The highest BCUT2D eigenvalue weighted by Gasteiger charge is 2.43. The number of thiophene rings is 1. The van der Waals surface area contributed by atoms with Crippen molar-refractivity contribution in [2.24, 2.45) is 11.8 Å². The molecule has 2 aliphatic rings. The number of nitrogens with one attached hydrogen (secondary N) is 1. The summed E-state index contributed by atoms with van der Waals surface area (Å²) in [6.45, 7) is 7.41. The third kappa shape index (κ3) is 2.88. The van der Waals surface area contributed by atoms with E-state index in [4.69, 9.17) is 0 Å². The van der Waals surface area contributed by atoms with Crippen LogP contribution >= 0.6 is 11.3 Å². The van der Waals surface area contributed by atoms with Gasteiger partial charge in [-0.15, -0.1) is 11.3 Å². The first kappa shape index (κ1) is 15.0. The van der Waals surface area contributed by atoms with Crippen molar-refractivity contribution in [2.75, 3.05) is 6.54 Å². The number of hydrogen-bond donors (Lipinski definition) is 1. The molecule has 0 radical (unpaired) electrons. The Labute approximate surface area is 131 Å². The first-order valence-corrected chi connectivity index (χ1v) is 9.04. The summed E-state index contributed by atoms with van der Waals surface area (Å²) in [6, 6.07) is 4.32. The van der Waals surface area contributed by atoms with Gasteiger partial charge in [-0.3, -0.25) is 10.1 Å². The minimum Gasteiger partial charge on any atom is -0.320 e. The van der Waals surface area contributed by atoms with E-state index in [2.05, 4.69) is 43.1 Å². The molecule has 1 saturated carbocycles. The summed E-state index contributed by atoms with van der Waals surface area (Å²) >= 11 is 1.81. The normalized spacial score (nSPS) is 28.0. The lowest BCUT2D eigenvalue weighted by molar-refractivity contribution is -0.131. The van der Waals surface area contributed by atoms with Crippen LogP contribution < -0.4 is 5.32 Å². The molecule has 3 atom stereocenters. The van der Waals surface area contributed by atoms with Crippen molar-refractivity contribution in [1.82, 2.24) is 10.2 Å². The number of aryl methyl sites for hydroxylation is 1. The van der Waals surface area contributed by atoms with Crippen LogP contribution in [0.4, 0.5) is 0 Å². The van der Waals surface area contributed by atoms with E-state index in [9.17, 15) is 4.79 Å². The van der Waals surface area contributed by atoms with E-state index in [0.29, 0.717) is 11.8 Å². The van der Waals surface area contributed by atoms with Gasteiger partial charge in [0.25, 0.3) is 0 Å². The molecule has 1 amide bonds. The predicted octanol–water partition coefficient (Wildman–Crippen LogP) is 3.70. The van der Waals surface area contributed by atoms with E-state index in [1.807, 2.05) is 11.3 Å². The van der Waals surface area contributed by atoms with E-state index in [1.54, 1.807) is 0 Å². The lowest BCUT2D eigenvalue weighted by atomic mass is 9.85. The van der Waals surface area contributed by atoms with Crippen molar-refractivity contribution in [3.63, 3.8) is 0 Å².